The number of H-pyrrole nitrogens is 1. The van der Waals surface area contributed by atoms with Crippen LogP contribution in [0.5, 0.6) is 0 Å². The first-order chi connectivity index (χ1) is 24.9. The molecule has 2 amide bonds. The van der Waals surface area contributed by atoms with Crippen LogP contribution in [-0.2, 0) is 14.3 Å². The van der Waals surface area contributed by atoms with E-state index in [0.29, 0.717) is 36.3 Å². The Morgan fingerprint density at radius 2 is 1.51 bits per heavy atom. The van der Waals surface area contributed by atoms with Crippen LogP contribution in [0.2, 0.25) is 0 Å². The van der Waals surface area contributed by atoms with E-state index in [9.17, 15) is 31.1 Å². The lowest BCUT2D eigenvalue weighted by molar-refractivity contribution is -0.193. The van der Waals surface area contributed by atoms with Gasteiger partial charge in [0.05, 0.1) is 24.4 Å². The fourth-order valence-corrected chi connectivity index (χ4v) is 6.13. The van der Waals surface area contributed by atoms with Gasteiger partial charge in [0.2, 0.25) is 0 Å². The largest absolute Gasteiger partial charge is 0.490 e. The summed E-state index contributed by atoms with van der Waals surface area (Å²) in [5.41, 5.74) is 3.54. The van der Waals surface area contributed by atoms with E-state index in [4.69, 9.17) is 29.5 Å². The van der Waals surface area contributed by atoms with Crippen molar-refractivity contribution in [2.24, 2.45) is 5.92 Å². The molecule has 7 rings (SSSR count). The molecule has 0 spiro atoms. The van der Waals surface area contributed by atoms with E-state index in [1.807, 2.05) is 52.5 Å². The SMILES string of the molecule is CC(C)[C@H]1CN(CCN2CC3CCC(C2)O3)C(=O)N1c1ccn2ncc(-c3ccc(-c4nc[nH]n4)cc3)c2n1.O=C(O)C(F)(F)F.O=C(O)C(F)(F)F. The van der Waals surface area contributed by atoms with Crippen molar-refractivity contribution in [2.45, 2.75) is 57.3 Å². The molecule has 2 unspecified atom stereocenters. The number of alkyl halides is 6. The Morgan fingerprint density at radius 1 is 0.925 bits per heavy atom. The lowest BCUT2D eigenvalue weighted by Crippen LogP contribution is -2.46. The van der Waals surface area contributed by atoms with Crippen LogP contribution in [0.1, 0.15) is 26.7 Å². The van der Waals surface area contributed by atoms with Crippen molar-refractivity contribution < 1.29 is 55.7 Å². The second-order valence-electron chi connectivity index (χ2n) is 12.7. The average Bonchev–Trinajstić information content (AvgIpc) is 3.90. The molecule has 3 saturated heterocycles. The third-order valence-corrected chi connectivity index (χ3v) is 8.75. The number of aliphatic carboxylic acids is 2. The number of ether oxygens (including phenoxy) is 1. The fraction of sp³-hybridized carbons (Fsp3) is 0.469. The number of urea groups is 1. The number of anilines is 1. The number of hydrogen-bond acceptors (Lipinski definition) is 9. The van der Waals surface area contributed by atoms with Gasteiger partial charge in [-0.3, -0.25) is 14.9 Å². The van der Waals surface area contributed by atoms with E-state index < -0.39 is 24.3 Å². The number of rotatable bonds is 7. The molecular formula is C32H35F6N9O6. The molecule has 21 heteroatoms. The van der Waals surface area contributed by atoms with Crippen LogP contribution in [0.3, 0.4) is 0 Å². The molecule has 3 atom stereocenters. The number of carboxylic acid groups (broad SMARTS) is 2. The summed E-state index contributed by atoms with van der Waals surface area (Å²) in [6.45, 7) is 8.59. The Morgan fingerprint density at radius 3 is 2.04 bits per heavy atom. The highest BCUT2D eigenvalue weighted by atomic mass is 19.4. The Bertz CT molecular complexity index is 1850. The van der Waals surface area contributed by atoms with Crippen molar-refractivity contribution in [2.75, 3.05) is 37.6 Å². The van der Waals surface area contributed by atoms with Gasteiger partial charge < -0.3 is 19.8 Å². The maximum atomic E-state index is 13.7. The Kier molecular flexibility index (Phi) is 11.6. The van der Waals surface area contributed by atoms with Gasteiger partial charge in [-0.25, -0.2) is 28.9 Å². The Hall–Kier alpha value is -5.31. The summed E-state index contributed by atoms with van der Waals surface area (Å²) in [6, 6.07) is 10.00. The summed E-state index contributed by atoms with van der Waals surface area (Å²) in [4.78, 5) is 47.1. The molecule has 15 nitrogen and oxygen atoms in total. The molecule has 3 fully saturated rings. The van der Waals surface area contributed by atoms with Crippen molar-refractivity contribution in [1.82, 2.24) is 39.6 Å². The second-order valence-corrected chi connectivity index (χ2v) is 12.7. The van der Waals surface area contributed by atoms with Crippen molar-refractivity contribution in [1.29, 1.82) is 0 Å². The number of nitrogens with one attached hydrogen (secondary N) is 1. The summed E-state index contributed by atoms with van der Waals surface area (Å²) >= 11 is 0. The van der Waals surface area contributed by atoms with Crippen LogP contribution in [0.25, 0.3) is 28.2 Å². The number of morpholine rings is 1. The van der Waals surface area contributed by atoms with Crippen molar-refractivity contribution in [3.05, 3.63) is 49.1 Å². The molecule has 0 radical (unpaired) electrons. The van der Waals surface area contributed by atoms with Crippen molar-refractivity contribution in [3.63, 3.8) is 0 Å². The van der Waals surface area contributed by atoms with Crippen LogP contribution in [0, 0.1) is 5.92 Å². The number of aromatic nitrogens is 6. The highest BCUT2D eigenvalue weighted by molar-refractivity contribution is 5.94. The van der Waals surface area contributed by atoms with E-state index in [-0.39, 0.29) is 12.1 Å². The normalized spacial score (nSPS) is 20.3. The highest BCUT2D eigenvalue weighted by Crippen LogP contribution is 2.32. The molecule has 1 aromatic carbocycles. The minimum Gasteiger partial charge on any atom is -0.475 e. The molecule has 0 aliphatic carbocycles. The Balaban J connectivity index is 0.000000330. The van der Waals surface area contributed by atoms with Gasteiger partial charge in [0.15, 0.2) is 11.5 Å². The molecular weight excluding hydrogens is 720 g/mol. The number of benzene rings is 1. The quantitative estimate of drug-likeness (QED) is 0.225. The third kappa shape index (κ3) is 9.38. The number of carbonyl (C=O) groups excluding carboxylic acids is 1. The van der Waals surface area contributed by atoms with Gasteiger partial charge in [-0.1, -0.05) is 38.1 Å². The summed E-state index contributed by atoms with van der Waals surface area (Å²) < 4.78 is 71.2. The number of nitrogens with zero attached hydrogens (tertiary/aromatic N) is 8. The number of carboxylic acids is 2. The van der Waals surface area contributed by atoms with Crippen LogP contribution in [-0.4, -0.2) is 131 Å². The predicted molar refractivity (Wildman–Crippen MR) is 174 cm³/mol. The minimum absolute atomic E-state index is 0.0266. The van der Waals surface area contributed by atoms with Gasteiger partial charge in [0.1, 0.15) is 12.1 Å². The summed E-state index contributed by atoms with van der Waals surface area (Å²) in [5.74, 6) is -3.90. The molecule has 286 valence electrons. The smallest absolute Gasteiger partial charge is 0.475 e. The van der Waals surface area contributed by atoms with Gasteiger partial charge in [-0.05, 0) is 30.4 Å². The van der Waals surface area contributed by atoms with Gasteiger partial charge >= 0.3 is 30.3 Å². The van der Waals surface area contributed by atoms with Crippen LogP contribution >= 0.6 is 0 Å². The molecule has 3 aromatic heterocycles. The van der Waals surface area contributed by atoms with E-state index in [1.165, 1.54) is 0 Å². The Labute approximate surface area is 297 Å². The van der Waals surface area contributed by atoms with E-state index in [1.54, 1.807) is 10.8 Å². The first-order valence-electron chi connectivity index (χ1n) is 16.3. The molecule has 3 aliphatic heterocycles. The maximum Gasteiger partial charge on any atom is 0.490 e. The van der Waals surface area contributed by atoms with Crippen molar-refractivity contribution >= 4 is 29.4 Å². The molecule has 6 heterocycles. The first kappa shape index (κ1) is 38.9. The molecule has 0 saturated carbocycles. The zero-order valence-electron chi connectivity index (χ0n) is 28.3. The zero-order valence-corrected chi connectivity index (χ0v) is 28.3. The monoisotopic (exact) mass is 755 g/mol. The van der Waals surface area contributed by atoms with Crippen LogP contribution < -0.4 is 4.90 Å². The number of likely N-dealkylation sites (tertiary alicyclic amines) is 1. The number of amides is 2. The summed E-state index contributed by atoms with van der Waals surface area (Å²) in [6.07, 6.45) is -1.86. The number of halogens is 6. The maximum absolute atomic E-state index is 13.7. The topological polar surface area (TPSA) is 182 Å². The predicted octanol–water partition coefficient (Wildman–Crippen LogP) is 4.58. The number of hydrogen-bond donors (Lipinski definition) is 3. The van der Waals surface area contributed by atoms with Crippen LogP contribution in [0.4, 0.5) is 37.0 Å². The fourth-order valence-electron chi connectivity index (χ4n) is 6.13. The van der Waals surface area contributed by atoms with Crippen molar-refractivity contribution in [3.8, 4) is 22.5 Å². The summed E-state index contributed by atoms with van der Waals surface area (Å²) in [7, 11) is 0. The standard InChI is InChI=1S/C28H33N9O2.2C2HF3O2/c1-18(2)24-16-35(12-11-34-14-21-7-8-22(15-34)39-21)28(38)37(24)25-9-10-36-27(32-25)23(13-31-36)19-3-5-20(6-4-19)26-29-17-30-33-26;2*3-2(4,5)1(6)7/h3-6,9-10,13,17-18,21-22,24H,7-8,11-12,14-16H2,1-2H3,(H,29,30,33);2*(H,6,7)/t21?,22?,24-;;/m1../s1. The van der Waals surface area contributed by atoms with Gasteiger partial charge in [-0.2, -0.15) is 36.5 Å². The second kappa shape index (κ2) is 15.7. The molecule has 3 N–H and O–H groups in total. The number of fused-ring (bicyclic) bond motifs is 3. The van der Waals surface area contributed by atoms with E-state index >= 15 is 0 Å². The minimum atomic E-state index is -5.08. The number of aromatic amines is 1. The zero-order chi connectivity index (χ0) is 38.7. The molecule has 4 aromatic rings. The van der Waals surface area contributed by atoms with Gasteiger partial charge in [0.25, 0.3) is 0 Å². The lowest BCUT2D eigenvalue weighted by atomic mass is 10.0. The first-order valence-corrected chi connectivity index (χ1v) is 16.3. The third-order valence-electron chi connectivity index (χ3n) is 8.75. The van der Waals surface area contributed by atoms with Crippen LogP contribution in [0.15, 0.2) is 49.1 Å². The average molecular weight is 756 g/mol. The molecule has 2 bridgehead atoms. The van der Waals surface area contributed by atoms with Gasteiger partial charge in [-0.15, -0.1) is 0 Å². The molecule has 53 heavy (non-hydrogen) atoms. The van der Waals surface area contributed by atoms with Gasteiger partial charge in [0, 0.05) is 50.0 Å². The summed E-state index contributed by atoms with van der Waals surface area (Å²) in [5, 5.41) is 25.7. The van der Waals surface area contributed by atoms with E-state index in [0.717, 1.165) is 61.4 Å². The lowest BCUT2D eigenvalue weighted by Gasteiger charge is -2.33. The highest BCUT2D eigenvalue weighted by Gasteiger charge is 2.42. The number of carbonyl (C=O) groups is 3. The van der Waals surface area contributed by atoms with E-state index in [2.05, 4.69) is 39.0 Å². The molecule has 3 aliphatic rings.